The molecule has 1 rings (SSSR count). The predicted molar refractivity (Wildman–Crippen MR) is 70.0 cm³/mol. The van der Waals surface area contributed by atoms with Crippen LogP contribution in [0.4, 0.5) is 0 Å². The van der Waals surface area contributed by atoms with Gasteiger partial charge in [-0.15, -0.1) is 0 Å². The van der Waals surface area contributed by atoms with Gasteiger partial charge in [0.2, 0.25) is 0 Å². The highest BCUT2D eigenvalue weighted by Crippen LogP contribution is 2.26. The number of nitrogens with one attached hydrogen (secondary N) is 1. The zero-order chi connectivity index (χ0) is 13.1. The van der Waals surface area contributed by atoms with Gasteiger partial charge < -0.3 is 5.32 Å². The van der Waals surface area contributed by atoms with E-state index in [1.807, 2.05) is 14.0 Å². The van der Waals surface area contributed by atoms with E-state index in [0.717, 1.165) is 19.4 Å². The first-order chi connectivity index (χ1) is 7.89. The molecule has 0 saturated carbocycles. The van der Waals surface area contributed by atoms with Crippen LogP contribution < -0.4 is 5.32 Å². The van der Waals surface area contributed by atoms with Crippen molar-refractivity contribution in [1.82, 2.24) is 13.9 Å². The summed E-state index contributed by atoms with van der Waals surface area (Å²) >= 11 is 0. The molecule has 0 aliphatic carbocycles. The van der Waals surface area contributed by atoms with Crippen molar-refractivity contribution in [3.63, 3.8) is 0 Å². The Labute approximate surface area is 105 Å². The fraction of sp³-hybridized carbons (Fsp3) is 1.00. The molecule has 2 atom stereocenters. The molecule has 0 bridgehead atoms. The molecule has 2 unspecified atom stereocenters. The Balaban J connectivity index is 2.61. The molecule has 1 fully saturated rings. The largest absolute Gasteiger partial charge is 0.320 e. The van der Waals surface area contributed by atoms with Crippen molar-refractivity contribution in [2.45, 2.75) is 32.7 Å². The van der Waals surface area contributed by atoms with Gasteiger partial charge in [0.05, 0.1) is 0 Å². The van der Waals surface area contributed by atoms with Gasteiger partial charge in [-0.3, -0.25) is 0 Å². The fourth-order valence-electron chi connectivity index (χ4n) is 2.36. The Kier molecular flexibility index (Phi) is 5.37. The Morgan fingerprint density at radius 1 is 1.41 bits per heavy atom. The average Bonchev–Trinajstić information content (AvgIpc) is 2.58. The van der Waals surface area contributed by atoms with Crippen molar-refractivity contribution in [2.24, 2.45) is 5.92 Å². The van der Waals surface area contributed by atoms with Crippen LogP contribution in [0.25, 0.3) is 0 Å². The van der Waals surface area contributed by atoms with Crippen LogP contribution in [0, 0.1) is 5.92 Å². The number of rotatable bonds is 6. The topological polar surface area (TPSA) is 52.7 Å². The summed E-state index contributed by atoms with van der Waals surface area (Å²) in [6.07, 6.45) is 1.80. The fourth-order valence-corrected chi connectivity index (χ4v) is 4.06. The smallest absolute Gasteiger partial charge is 0.281 e. The second-order valence-electron chi connectivity index (χ2n) is 5.05. The van der Waals surface area contributed by atoms with E-state index in [2.05, 4.69) is 12.2 Å². The van der Waals surface area contributed by atoms with Crippen molar-refractivity contribution in [1.29, 1.82) is 0 Å². The van der Waals surface area contributed by atoms with E-state index in [-0.39, 0.29) is 6.04 Å². The maximum atomic E-state index is 12.3. The SMILES string of the molecule is CNCCCN(C)S(=O)(=O)N1CC(C)CC1C. The standard InChI is InChI=1S/C11H25N3O2S/c1-10-8-11(2)14(9-10)17(15,16)13(4)7-5-6-12-3/h10-12H,5-9H2,1-4H3. The predicted octanol–water partition coefficient (Wildman–Crippen LogP) is 0.503. The summed E-state index contributed by atoms with van der Waals surface area (Å²) in [5.74, 6) is 0.463. The van der Waals surface area contributed by atoms with Crippen LogP contribution in [0.3, 0.4) is 0 Å². The lowest BCUT2D eigenvalue weighted by atomic mass is 10.1. The molecule has 0 aromatic carbocycles. The van der Waals surface area contributed by atoms with Crippen LogP contribution in [0.15, 0.2) is 0 Å². The summed E-state index contributed by atoms with van der Waals surface area (Å²) in [5, 5.41) is 3.02. The van der Waals surface area contributed by atoms with E-state index < -0.39 is 10.2 Å². The summed E-state index contributed by atoms with van der Waals surface area (Å²) in [5.41, 5.74) is 0. The molecular formula is C11H25N3O2S. The van der Waals surface area contributed by atoms with Gasteiger partial charge in [0, 0.05) is 26.2 Å². The molecular weight excluding hydrogens is 238 g/mol. The van der Waals surface area contributed by atoms with Crippen LogP contribution >= 0.6 is 0 Å². The highest BCUT2D eigenvalue weighted by atomic mass is 32.2. The van der Waals surface area contributed by atoms with Crippen LogP contribution in [-0.4, -0.2) is 56.8 Å². The van der Waals surface area contributed by atoms with E-state index in [0.29, 0.717) is 19.0 Å². The molecule has 0 radical (unpaired) electrons. The molecule has 102 valence electrons. The molecule has 0 aromatic heterocycles. The van der Waals surface area contributed by atoms with Crippen molar-refractivity contribution < 1.29 is 8.42 Å². The molecule has 6 heteroatoms. The average molecular weight is 263 g/mol. The summed E-state index contributed by atoms with van der Waals surface area (Å²) in [7, 11) is 0.279. The first-order valence-corrected chi connectivity index (χ1v) is 7.67. The zero-order valence-electron chi connectivity index (χ0n) is 11.3. The highest BCUT2D eigenvalue weighted by molar-refractivity contribution is 7.86. The van der Waals surface area contributed by atoms with Gasteiger partial charge >= 0.3 is 0 Å². The minimum atomic E-state index is -3.26. The van der Waals surface area contributed by atoms with Gasteiger partial charge in [-0.05, 0) is 39.3 Å². The van der Waals surface area contributed by atoms with E-state index in [1.54, 1.807) is 11.4 Å². The lowest BCUT2D eigenvalue weighted by Crippen LogP contribution is -2.44. The van der Waals surface area contributed by atoms with Crippen LogP contribution in [-0.2, 0) is 10.2 Å². The van der Waals surface area contributed by atoms with E-state index in [4.69, 9.17) is 0 Å². The van der Waals surface area contributed by atoms with Gasteiger partial charge in [-0.2, -0.15) is 17.0 Å². The van der Waals surface area contributed by atoms with Gasteiger partial charge in [0.15, 0.2) is 0 Å². The summed E-state index contributed by atoms with van der Waals surface area (Å²) < 4.78 is 27.7. The molecule has 1 aliphatic heterocycles. The third-order valence-corrected chi connectivity index (χ3v) is 5.39. The van der Waals surface area contributed by atoms with Crippen LogP contribution in [0.2, 0.25) is 0 Å². The van der Waals surface area contributed by atoms with Crippen molar-refractivity contribution >= 4 is 10.2 Å². The second-order valence-corrected chi connectivity index (χ2v) is 7.03. The van der Waals surface area contributed by atoms with E-state index in [1.165, 1.54) is 4.31 Å². The normalized spacial score (nSPS) is 26.9. The molecule has 0 amide bonds. The first-order valence-electron chi connectivity index (χ1n) is 6.27. The Morgan fingerprint density at radius 2 is 2.06 bits per heavy atom. The van der Waals surface area contributed by atoms with Crippen molar-refractivity contribution in [2.75, 3.05) is 33.7 Å². The molecule has 1 heterocycles. The maximum Gasteiger partial charge on any atom is 0.281 e. The lowest BCUT2D eigenvalue weighted by molar-refractivity contribution is 0.351. The molecule has 17 heavy (non-hydrogen) atoms. The van der Waals surface area contributed by atoms with Crippen LogP contribution in [0.1, 0.15) is 26.7 Å². The third kappa shape index (κ3) is 3.64. The number of nitrogens with zero attached hydrogens (tertiary/aromatic N) is 2. The number of hydrogen-bond acceptors (Lipinski definition) is 3. The van der Waals surface area contributed by atoms with E-state index >= 15 is 0 Å². The third-order valence-electron chi connectivity index (χ3n) is 3.32. The Hall–Kier alpha value is -0.170. The van der Waals surface area contributed by atoms with Gasteiger partial charge in [-0.25, -0.2) is 0 Å². The highest BCUT2D eigenvalue weighted by Gasteiger charge is 2.37. The molecule has 0 aromatic rings. The Morgan fingerprint density at radius 3 is 2.53 bits per heavy atom. The molecule has 5 nitrogen and oxygen atoms in total. The van der Waals surface area contributed by atoms with Crippen LogP contribution in [0.5, 0.6) is 0 Å². The monoisotopic (exact) mass is 263 g/mol. The van der Waals surface area contributed by atoms with Crippen molar-refractivity contribution in [3.8, 4) is 0 Å². The lowest BCUT2D eigenvalue weighted by Gasteiger charge is -2.27. The summed E-state index contributed by atoms with van der Waals surface area (Å²) in [6.45, 7) is 6.15. The second kappa shape index (κ2) is 6.13. The zero-order valence-corrected chi connectivity index (χ0v) is 12.1. The van der Waals surface area contributed by atoms with Crippen molar-refractivity contribution in [3.05, 3.63) is 0 Å². The van der Waals surface area contributed by atoms with E-state index in [9.17, 15) is 8.42 Å². The Bertz CT molecular complexity index is 332. The molecule has 1 aliphatic rings. The van der Waals surface area contributed by atoms with Gasteiger partial charge in [0.1, 0.15) is 0 Å². The summed E-state index contributed by atoms with van der Waals surface area (Å²) in [6, 6.07) is 0.127. The van der Waals surface area contributed by atoms with Gasteiger partial charge in [-0.1, -0.05) is 6.92 Å². The van der Waals surface area contributed by atoms with Gasteiger partial charge in [0.25, 0.3) is 10.2 Å². The first kappa shape index (κ1) is 14.9. The number of hydrogen-bond donors (Lipinski definition) is 1. The minimum absolute atomic E-state index is 0.127. The maximum absolute atomic E-state index is 12.3. The molecule has 0 spiro atoms. The molecule has 1 saturated heterocycles. The summed E-state index contributed by atoms with van der Waals surface area (Å²) in [4.78, 5) is 0. The quantitative estimate of drug-likeness (QED) is 0.710. The minimum Gasteiger partial charge on any atom is -0.320 e. The molecule has 1 N–H and O–H groups in total.